The van der Waals surface area contributed by atoms with E-state index < -0.39 is 11.6 Å². The molecule has 1 aromatic heterocycles. The predicted octanol–water partition coefficient (Wildman–Crippen LogP) is 3.31. The number of fused-ring (bicyclic) bond motifs is 1. The first-order chi connectivity index (χ1) is 8.22. The average molecular weight is 237 g/mol. The molecule has 2 aromatic rings. The van der Waals surface area contributed by atoms with Crippen LogP contribution in [0.5, 0.6) is 0 Å². The van der Waals surface area contributed by atoms with E-state index >= 15 is 0 Å². The molecule has 3 rings (SSSR count). The molecule has 1 aromatic carbocycles. The molecule has 0 aliphatic heterocycles. The molecule has 0 spiro atoms. The Morgan fingerprint density at radius 1 is 1.35 bits per heavy atom. The van der Waals surface area contributed by atoms with Crippen LogP contribution in [0, 0.1) is 11.6 Å². The van der Waals surface area contributed by atoms with Crippen LogP contribution in [-0.4, -0.2) is 7.05 Å². The van der Waals surface area contributed by atoms with E-state index in [1.165, 1.54) is 6.07 Å². The monoisotopic (exact) mass is 237 g/mol. The van der Waals surface area contributed by atoms with Gasteiger partial charge >= 0.3 is 0 Å². The summed E-state index contributed by atoms with van der Waals surface area (Å²) in [6.45, 7) is 0.543. The number of benzene rings is 1. The first-order valence-corrected chi connectivity index (χ1v) is 5.76. The molecular weight excluding hydrogens is 224 g/mol. The lowest BCUT2D eigenvalue weighted by Crippen LogP contribution is -2.05. The highest BCUT2D eigenvalue weighted by Crippen LogP contribution is 2.46. The van der Waals surface area contributed by atoms with Crippen LogP contribution in [0.1, 0.15) is 30.1 Å². The van der Waals surface area contributed by atoms with E-state index in [0.29, 0.717) is 12.5 Å². The lowest BCUT2D eigenvalue weighted by atomic mass is 10.1. The molecule has 90 valence electrons. The van der Waals surface area contributed by atoms with Crippen molar-refractivity contribution in [2.45, 2.75) is 25.3 Å². The molecule has 0 atom stereocenters. The number of rotatable bonds is 3. The molecule has 0 saturated heterocycles. The third-order valence-corrected chi connectivity index (χ3v) is 3.19. The Morgan fingerprint density at radius 2 is 2.12 bits per heavy atom. The molecule has 1 fully saturated rings. The Balaban J connectivity index is 2.26. The molecule has 0 bridgehead atoms. The summed E-state index contributed by atoms with van der Waals surface area (Å²) in [4.78, 5) is 0. The largest absolute Gasteiger partial charge is 0.456 e. The highest BCUT2D eigenvalue weighted by molar-refractivity contribution is 5.84. The number of nitrogens with one attached hydrogen (secondary N) is 1. The van der Waals surface area contributed by atoms with E-state index in [1.54, 1.807) is 13.1 Å². The van der Waals surface area contributed by atoms with Crippen molar-refractivity contribution >= 4 is 11.0 Å². The van der Waals surface area contributed by atoms with Gasteiger partial charge in [-0.2, -0.15) is 4.39 Å². The lowest BCUT2D eigenvalue weighted by Gasteiger charge is -1.99. The summed E-state index contributed by atoms with van der Waals surface area (Å²) in [6, 6.07) is 2.78. The van der Waals surface area contributed by atoms with Gasteiger partial charge in [0.25, 0.3) is 0 Å². The van der Waals surface area contributed by atoms with Crippen molar-refractivity contribution in [1.82, 2.24) is 5.32 Å². The number of hydrogen-bond donors (Lipinski definition) is 1. The van der Waals surface area contributed by atoms with Crippen LogP contribution in [0.25, 0.3) is 11.0 Å². The highest BCUT2D eigenvalue weighted by Gasteiger charge is 2.31. The van der Waals surface area contributed by atoms with E-state index in [-0.39, 0.29) is 5.58 Å². The molecule has 2 nitrogen and oxygen atoms in total. The van der Waals surface area contributed by atoms with E-state index in [1.807, 2.05) is 0 Å². The molecule has 1 saturated carbocycles. The van der Waals surface area contributed by atoms with Crippen LogP contribution >= 0.6 is 0 Å². The predicted molar refractivity (Wildman–Crippen MR) is 60.9 cm³/mol. The molecule has 0 radical (unpaired) electrons. The molecule has 0 unspecified atom stereocenters. The second-order valence-electron chi connectivity index (χ2n) is 4.48. The van der Waals surface area contributed by atoms with E-state index in [9.17, 15) is 8.78 Å². The van der Waals surface area contributed by atoms with Crippen molar-refractivity contribution in [1.29, 1.82) is 0 Å². The molecule has 17 heavy (non-hydrogen) atoms. The molecule has 1 heterocycles. The van der Waals surface area contributed by atoms with Crippen molar-refractivity contribution in [3.05, 3.63) is 35.1 Å². The van der Waals surface area contributed by atoms with Gasteiger partial charge in [0.2, 0.25) is 5.82 Å². The molecule has 1 aliphatic carbocycles. The minimum Gasteiger partial charge on any atom is -0.456 e. The average Bonchev–Trinajstić information content (AvgIpc) is 3.07. The van der Waals surface area contributed by atoms with Gasteiger partial charge in [0.1, 0.15) is 5.76 Å². The van der Waals surface area contributed by atoms with Crippen LogP contribution in [0.15, 0.2) is 16.5 Å². The van der Waals surface area contributed by atoms with Gasteiger partial charge in [-0.05, 0) is 37.9 Å². The van der Waals surface area contributed by atoms with Gasteiger partial charge in [0.05, 0.1) is 6.54 Å². The fourth-order valence-corrected chi connectivity index (χ4v) is 2.28. The Hall–Kier alpha value is -1.42. The van der Waals surface area contributed by atoms with Gasteiger partial charge in [-0.25, -0.2) is 4.39 Å². The summed E-state index contributed by atoms with van der Waals surface area (Å²) in [6.07, 6.45) is 2.20. The van der Waals surface area contributed by atoms with Gasteiger partial charge in [-0.1, -0.05) is 0 Å². The molecular formula is C13H13F2NO. The second kappa shape index (κ2) is 3.81. The van der Waals surface area contributed by atoms with Crippen molar-refractivity contribution in [2.75, 3.05) is 7.05 Å². The SMILES string of the molecule is CNCc1oc2c(F)c(F)ccc2c1C1CC1. The smallest absolute Gasteiger partial charge is 0.201 e. The first kappa shape index (κ1) is 10.7. The van der Waals surface area contributed by atoms with Crippen LogP contribution in [0.2, 0.25) is 0 Å². The van der Waals surface area contributed by atoms with Gasteiger partial charge < -0.3 is 9.73 Å². The first-order valence-electron chi connectivity index (χ1n) is 5.76. The van der Waals surface area contributed by atoms with Crippen molar-refractivity contribution in [2.24, 2.45) is 0 Å². The Morgan fingerprint density at radius 3 is 2.76 bits per heavy atom. The zero-order valence-electron chi connectivity index (χ0n) is 9.52. The molecule has 1 aliphatic rings. The minimum absolute atomic E-state index is 0.0529. The number of hydrogen-bond acceptors (Lipinski definition) is 2. The Bertz CT molecular complexity index is 572. The molecule has 0 amide bonds. The van der Waals surface area contributed by atoms with E-state index in [4.69, 9.17) is 4.42 Å². The summed E-state index contributed by atoms with van der Waals surface area (Å²) in [5.41, 5.74) is 1.10. The molecule has 4 heteroatoms. The highest BCUT2D eigenvalue weighted by atomic mass is 19.2. The fraction of sp³-hybridized carbons (Fsp3) is 0.385. The van der Waals surface area contributed by atoms with Gasteiger partial charge in [0, 0.05) is 10.9 Å². The zero-order valence-corrected chi connectivity index (χ0v) is 9.52. The summed E-state index contributed by atoms with van der Waals surface area (Å²) in [7, 11) is 1.81. The van der Waals surface area contributed by atoms with E-state index in [2.05, 4.69) is 5.32 Å². The number of halogens is 2. The summed E-state index contributed by atoms with van der Waals surface area (Å²) in [5, 5.41) is 3.71. The van der Waals surface area contributed by atoms with Crippen LogP contribution in [0.4, 0.5) is 8.78 Å². The van der Waals surface area contributed by atoms with Gasteiger partial charge in [-0.15, -0.1) is 0 Å². The van der Waals surface area contributed by atoms with Crippen molar-refractivity contribution in [3.63, 3.8) is 0 Å². The third-order valence-electron chi connectivity index (χ3n) is 3.19. The molecule has 1 N–H and O–H groups in total. The minimum atomic E-state index is -0.883. The van der Waals surface area contributed by atoms with E-state index in [0.717, 1.165) is 29.6 Å². The summed E-state index contributed by atoms with van der Waals surface area (Å²) < 4.78 is 32.2. The zero-order chi connectivity index (χ0) is 12.0. The van der Waals surface area contributed by atoms with Crippen molar-refractivity contribution in [3.8, 4) is 0 Å². The Kier molecular flexibility index (Phi) is 2.40. The summed E-state index contributed by atoms with van der Waals surface area (Å²) >= 11 is 0. The Labute approximate surface area is 97.6 Å². The normalized spacial score (nSPS) is 15.7. The number of furan rings is 1. The van der Waals surface area contributed by atoms with Gasteiger partial charge in [0.15, 0.2) is 11.4 Å². The van der Waals surface area contributed by atoms with Gasteiger partial charge in [-0.3, -0.25) is 0 Å². The quantitative estimate of drug-likeness (QED) is 0.886. The third kappa shape index (κ3) is 1.63. The van der Waals surface area contributed by atoms with Crippen LogP contribution in [0.3, 0.4) is 0 Å². The van der Waals surface area contributed by atoms with Crippen LogP contribution in [-0.2, 0) is 6.54 Å². The van der Waals surface area contributed by atoms with Crippen molar-refractivity contribution < 1.29 is 13.2 Å². The summed E-state index contributed by atoms with van der Waals surface area (Å²) in [5.74, 6) is -0.560. The second-order valence-corrected chi connectivity index (χ2v) is 4.48. The maximum Gasteiger partial charge on any atom is 0.201 e. The standard InChI is InChI=1S/C13H13F2NO/c1-16-6-10-11(7-2-3-7)8-4-5-9(14)12(15)13(8)17-10/h4-5,7,16H,2-3,6H2,1H3. The van der Waals surface area contributed by atoms with Crippen LogP contribution < -0.4 is 5.32 Å². The fourth-order valence-electron chi connectivity index (χ4n) is 2.28. The lowest BCUT2D eigenvalue weighted by molar-refractivity contribution is 0.472. The maximum atomic E-state index is 13.6. The maximum absolute atomic E-state index is 13.6. The topological polar surface area (TPSA) is 25.2 Å².